The Morgan fingerprint density at radius 3 is 2.60 bits per heavy atom. The molecule has 5 heteroatoms. The van der Waals surface area contributed by atoms with Gasteiger partial charge in [-0.25, -0.2) is 0 Å². The summed E-state index contributed by atoms with van der Waals surface area (Å²) in [5, 5.41) is 14.0. The maximum atomic E-state index is 12.5. The van der Waals surface area contributed by atoms with Gasteiger partial charge in [0.15, 0.2) is 0 Å². The molecule has 1 aromatic heterocycles. The second-order valence-electron chi connectivity index (χ2n) is 4.85. The number of rotatable bonds is 4. The van der Waals surface area contributed by atoms with E-state index in [9.17, 15) is 9.90 Å². The maximum absolute atomic E-state index is 12.5. The highest BCUT2D eigenvalue weighted by Gasteiger charge is 2.25. The van der Waals surface area contributed by atoms with E-state index in [1.807, 2.05) is 26.0 Å². The molecule has 1 N–H and O–H groups in total. The standard InChI is InChI=1S/C15H19N3O2/c1-11(13-7-4-5-8-14(13)19)17(3)15(20)12(2)18-10-6-9-16-18/h4-12,19H,1-3H3. The summed E-state index contributed by atoms with van der Waals surface area (Å²) in [6.07, 6.45) is 3.41. The Balaban J connectivity index is 2.16. The van der Waals surface area contributed by atoms with Crippen molar-refractivity contribution >= 4 is 5.91 Å². The van der Waals surface area contributed by atoms with Crippen LogP contribution in [0.3, 0.4) is 0 Å². The molecule has 20 heavy (non-hydrogen) atoms. The van der Waals surface area contributed by atoms with Crippen LogP contribution in [0.25, 0.3) is 0 Å². The predicted octanol–water partition coefficient (Wildman–Crippen LogP) is 2.37. The zero-order valence-electron chi connectivity index (χ0n) is 11.9. The first-order valence-corrected chi connectivity index (χ1v) is 6.56. The Hall–Kier alpha value is -2.30. The molecule has 0 saturated carbocycles. The second-order valence-corrected chi connectivity index (χ2v) is 4.85. The van der Waals surface area contributed by atoms with Crippen LogP contribution < -0.4 is 0 Å². The Morgan fingerprint density at radius 1 is 1.30 bits per heavy atom. The molecule has 5 nitrogen and oxygen atoms in total. The Morgan fingerprint density at radius 2 is 2.00 bits per heavy atom. The van der Waals surface area contributed by atoms with Crippen molar-refractivity contribution in [3.8, 4) is 5.75 Å². The van der Waals surface area contributed by atoms with Crippen molar-refractivity contribution in [2.75, 3.05) is 7.05 Å². The molecule has 0 aliphatic carbocycles. The molecule has 1 heterocycles. The van der Waals surface area contributed by atoms with E-state index in [2.05, 4.69) is 5.10 Å². The van der Waals surface area contributed by atoms with Gasteiger partial charge in [0, 0.05) is 25.0 Å². The summed E-state index contributed by atoms with van der Waals surface area (Å²) in [5.74, 6) is 0.149. The fraction of sp³-hybridized carbons (Fsp3) is 0.333. The number of carbonyl (C=O) groups excluding carboxylic acids is 1. The summed E-state index contributed by atoms with van der Waals surface area (Å²) >= 11 is 0. The second kappa shape index (κ2) is 5.77. The van der Waals surface area contributed by atoms with Crippen LogP contribution in [0.4, 0.5) is 0 Å². The molecule has 2 rings (SSSR count). The van der Waals surface area contributed by atoms with Crippen LogP contribution in [0, 0.1) is 0 Å². The van der Waals surface area contributed by atoms with Crippen molar-refractivity contribution in [2.24, 2.45) is 0 Å². The van der Waals surface area contributed by atoms with E-state index in [1.54, 1.807) is 47.2 Å². The Labute approximate surface area is 118 Å². The number of nitrogens with zero attached hydrogens (tertiary/aromatic N) is 3. The number of aromatic hydroxyl groups is 1. The lowest BCUT2D eigenvalue weighted by atomic mass is 10.1. The molecule has 0 spiro atoms. The van der Waals surface area contributed by atoms with Crippen molar-refractivity contribution in [2.45, 2.75) is 25.9 Å². The lowest BCUT2D eigenvalue weighted by Gasteiger charge is -2.28. The van der Waals surface area contributed by atoms with E-state index in [0.717, 1.165) is 5.56 Å². The number of hydrogen-bond acceptors (Lipinski definition) is 3. The first-order chi connectivity index (χ1) is 9.52. The number of phenols is 1. The number of aromatic nitrogens is 2. The van der Waals surface area contributed by atoms with Crippen LogP contribution in [0.15, 0.2) is 42.7 Å². The van der Waals surface area contributed by atoms with E-state index in [1.165, 1.54) is 0 Å². The van der Waals surface area contributed by atoms with Gasteiger partial charge < -0.3 is 10.0 Å². The van der Waals surface area contributed by atoms with Crippen molar-refractivity contribution < 1.29 is 9.90 Å². The van der Waals surface area contributed by atoms with Gasteiger partial charge in [-0.3, -0.25) is 9.48 Å². The topological polar surface area (TPSA) is 58.4 Å². The van der Waals surface area contributed by atoms with E-state index in [4.69, 9.17) is 0 Å². The molecule has 1 amide bonds. The highest BCUT2D eigenvalue weighted by atomic mass is 16.3. The SMILES string of the molecule is CC(c1ccccc1O)N(C)C(=O)C(C)n1cccn1. The third kappa shape index (κ3) is 2.66. The molecule has 0 aliphatic rings. The maximum Gasteiger partial charge on any atom is 0.247 e. The highest BCUT2D eigenvalue weighted by Crippen LogP contribution is 2.28. The molecule has 0 fully saturated rings. The van der Waals surface area contributed by atoms with Crippen LogP contribution in [0.5, 0.6) is 5.75 Å². The fourth-order valence-corrected chi connectivity index (χ4v) is 2.16. The van der Waals surface area contributed by atoms with Crippen molar-refractivity contribution in [3.05, 3.63) is 48.3 Å². The average molecular weight is 273 g/mol. The van der Waals surface area contributed by atoms with Crippen LogP contribution >= 0.6 is 0 Å². The molecule has 106 valence electrons. The van der Waals surface area contributed by atoms with Gasteiger partial charge in [-0.05, 0) is 26.0 Å². The monoisotopic (exact) mass is 273 g/mol. The van der Waals surface area contributed by atoms with Crippen LogP contribution in [0.2, 0.25) is 0 Å². The van der Waals surface area contributed by atoms with Gasteiger partial charge in [0.05, 0.1) is 6.04 Å². The molecular formula is C15H19N3O2. The molecule has 0 saturated heterocycles. The Bertz CT molecular complexity index is 581. The minimum Gasteiger partial charge on any atom is -0.508 e. The number of hydrogen-bond donors (Lipinski definition) is 1. The summed E-state index contributed by atoms with van der Waals surface area (Å²) in [6.45, 7) is 3.70. The summed E-state index contributed by atoms with van der Waals surface area (Å²) < 4.78 is 1.62. The molecule has 0 aliphatic heterocycles. The molecule has 2 unspecified atom stereocenters. The normalized spacial score (nSPS) is 13.8. The minimum atomic E-state index is -0.372. The lowest BCUT2D eigenvalue weighted by molar-refractivity contribution is -0.135. The number of phenolic OH excluding ortho intramolecular Hbond substituents is 1. The number of benzene rings is 1. The zero-order valence-corrected chi connectivity index (χ0v) is 11.9. The first-order valence-electron chi connectivity index (χ1n) is 6.56. The zero-order chi connectivity index (χ0) is 14.7. The van der Waals surface area contributed by atoms with E-state index < -0.39 is 0 Å². The van der Waals surface area contributed by atoms with Crippen molar-refractivity contribution in [3.63, 3.8) is 0 Å². The summed E-state index contributed by atoms with van der Waals surface area (Å²) in [6, 6.07) is 8.27. The van der Waals surface area contributed by atoms with E-state index in [-0.39, 0.29) is 23.7 Å². The van der Waals surface area contributed by atoms with Gasteiger partial charge in [0.1, 0.15) is 11.8 Å². The van der Waals surface area contributed by atoms with Gasteiger partial charge in [-0.2, -0.15) is 5.10 Å². The average Bonchev–Trinajstić information content (AvgIpc) is 2.99. The number of carbonyl (C=O) groups is 1. The fourth-order valence-electron chi connectivity index (χ4n) is 2.16. The third-order valence-corrected chi connectivity index (χ3v) is 3.59. The van der Waals surface area contributed by atoms with Crippen LogP contribution in [0.1, 0.15) is 31.5 Å². The van der Waals surface area contributed by atoms with Crippen molar-refractivity contribution in [1.82, 2.24) is 14.7 Å². The van der Waals surface area contributed by atoms with E-state index in [0.29, 0.717) is 0 Å². The minimum absolute atomic E-state index is 0.0514. The quantitative estimate of drug-likeness (QED) is 0.930. The van der Waals surface area contributed by atoms with Crippen molar-refractivity contribution in [1.29, 1.82) is 0 Å². The van der Waals surface area contributed by atoms with Gasteiger partial charge in [-0.15, -0.1) is 0 Å². The summed E-state index contributed by atoms with van der Waals surface area (Å²) in [7, 11) is 1.74. The van der Waals surface area contributed by atoms with Gasteiger partial charge in [0.25, 0.3) is 0 Å². The summed E-state index contributed by atoms with van der Waals surface area (Å²) in [5.41, 5.74) is 0.732. The molecule has 0 bridgehead atoms. The van der Waals surface area contributed by atoms with E-state index >= 15 is 0 Å². The third-order valence-electron chi connectivity index (χ3n) is 3.59. The predicted molar refractivity (Wildman–Crippen MR) is 76.2 cm³/mol. The molecule has 1 aromatic carbocycles. The van der Waals surface area contributed by atoms with Gasteiger partial charge >= 0.3 is 0 Å². The molecule has 2 atom stereocenters. The summed E-state index contributed by atoms with van der Waals surface area (Å²) in [4.78, 5) is 14.1. The Kier molecular flexibility index (Phi) is 4.08. The highest BCUT2D eigenvalue weighted by molar-refractivity contribution is 5.80. The van der Waals surface area contributed by atoms with Gasteiger partial charge in [0.2, 0.25) is 5.91 Å². The molecule has 0 radical (unpaired) electrons. The largest absolute Gasteiger partial charge is 0.508 e. The van der Waals surface area contributed by atoms with Crippen LogP contribution in [-0.2, 0) is 4.79 Å². The van der Waals surface area contributed by atoms with Crippen LogP contribution in [-0.4, -0.2) is 32.7 Å². The lowest BCUT2D eigenvalue weighted by Crippen LogP contribution is -2.35. The number of amides is 1. The number of likely N-dealkylation sites (N-methyl/N-ethyl adjacent to an activating group) is 1. The molecular weight excluding hydrogens is 254 g/mol. The smallest absolute Gasteiger partial charge is 0.247 e. The molecule has 2 aromatic rings. The number of para-hydroxylation sites is 1. The van der Waals surface area contributed by atoms with Gasteiger partial charge in [-0.1, -0.05) is 18.2 Å². The first kappa shape index (κ1) is 14.1.